The monoisotopic (exact) mass is 723 g/mol. The number of carboxylic acids is 1. The highest BCUT2D eigenvalue weighted by molar-refractivity contribution is 5.86. The molecule has 0 saturated heterocycles. The zero-order valence-corrected chi connectivity index (χ0v) is 33.2. The van der Waals surface area contributed by atoms with E-state index in [0.29, 0.717) is 38.1 Å². The third-order valence-corrected chi connectivity index (χ3v) is 9.41. The second-order valence-corrected chi connectivity index (χ2v) is 16.8. The number of nitrogens with one attached hydrogen (secondary N) is 2. The fraction of sp³-hybridized carbons (Fsp3) is 0.878. The van der Waals surface area contributed by atoms with Gasteiger partial charge in [-0.15, -0.1) is 0 Å². The van der Waals surface area contributed by atoms with Crippen molar-refractivity contribution in [1.29, 1.82) is 0 Å². The Morgan fingerprint density at radius 3 is 1.47 bits per heavy atom. The number of ether oxygens (including phenoxy) is 2. The molecule has 1 aliphatic carbocycles. The quantitative estimate of drug-likeness (QED) is 0.0562. The Morgan fingerprint density at radius 2 is 1.04 bits per heavy atom. The molecule has 296 valence electrons. The molecular formula is C41H74N2O8. The lowest BCUT2D eigenvalue weighted by Gasteiger charge is -2.30. The molecule has 0 bridgehead atoms. The fourth-order valence-corrected chi connectivity index (χ4v) is 6.58. The van der Waals surface area contributed by atoms with E-state index in [4.69, 9.17) is 14.6 Å². The molecule has 1 rings (SSSR count). The van der Waals surface area contributed by atoms with Crippen LogP contribution in [0.1, 0.15) is 196 Å². The van der Waals surface area contributed by atoms with Gasteiger partial charge in [0.05, 0.1) is 0 Å². The van der Waals surface area contributed by atoms with E-state index >= 15 is 0 Å². The number of hydrogen-bond donors (Lipinski definition) is 3. The van der Waals surface area contributed by atoms with Gasteiger partial charge in [-0.05, 0) is 92.4 Å². The summed E-state index contributed by atoms with van der Waals surface area (Å²) in [5.41, 5.74) is -1.12. The van der Waals surface area contributed by atoms with Gasteiger partial charge in [-0.3, -0.25) is 19.2 Å². The van der Waals surface area contributed by atoms with Gasteiger partial charge in [0.25, 0.3) is 0 Å². The minimum absolute atomic E-state index is 0.0117. The van der Waals surface area contributed by atoms with E-state index < -0.39 is 23.6 Å². The standard InChI is InChI=1S/C41H74N2O8/c1-40(2,3)50-37(47)24-22-20-18-16-14-12-10-8-7-9-11-13-15-17-19-21-23-35(44)42-31-32-25-27-33(28-26-32)38(48)43-34(29-30-36(45)46)39(49)51-41(4,5)6/h32-34H,7-31H2,1-6H3,(H,42,44)(H,43,48)(H,45,46). The largest absolute Gasteiger partial charge is 0.481 e. The lowest BCUT2D eigenvalue weighted by Crippen LogP contribution is -2.47. The summed E-state index contributed by atoms with van der Waals surface area (Å²) in [7, 11) is 0. The van der Waals surface area contributed by atoms with Crippen LogP contribution >= 0.6 is 0 Å². The Bertz CT molecular complexity index is 1010. The Morgan fingerprint density at radius 1 is 0.608 bits per heavy atom. The minimum Gasteiger partial charge on any atom is -0.481 e. The van der Waals surface area contributed by atoms with Crippen LogP contribution < -0.4 is 10.6 Å². The number of hydrogen-bond acceptors (Lipinski definition) is 7. The van der Waals surface area contributed by atoms with Crippen molar-refractivity contribution in [3.63, 3.8) is 0 Å². The molecule has 0 aromatic carbocycles. The summed E-state index contributed by atoms with van der Waals surface area (Å²) in [5, 5.41) is 14.9. The number of carbonyl (C=O) groups is 5. The first-order chi connectivity index (χ1) is 24.1. The number of amides is 2. The van der Waals surface area contributed by atoms with Crippen molar-refractivity contribution in [2.45, 2.75) is 213 Å². The average Bonchev–Trinajstić information content (AvgIpc) is 3.03. The topological polar surface area (TPSA) is 148 Å². The van der Waals surface area contributed by atoms with Gasteiger partial charge in [-0.25, -0.2) is 4.79 Å². The number of carboxylic acid groups (broad SMARTS) is 1. The first-order valence-corrected chi connectivity index (χ1v) is 20.3. The fourth-order valence-electron chi connectivity index (χ4n) is 6.58. The van der Waals surface area contributed by atoms with Crippen molar-refractivity contribution in [3.05, 3.63) is 0 Å². The first-order valence-electron chi connectivity index (χ1n) is 20.3. The Hall–Kier alpha value is -2.65. The first kappa shape index (κ1) is 46.4. The summed E-state index contributed by atoms with van der Waals surface area (Å²) in [6.07, 6.45) is 23.3. The molecule has 1 saturated carbocycles. The predicted octanol–water partition coefficient (Wildman–Crippen LogP) is 8.96. The minimum atomic E-state index is -1.03. The molecule has 0 spiro atoms. The smallest absolute Gasteiger partial charge is 0.329 e. The average molecular weight is 723 g/mol. The van der Waals surface area contributed by atoms with Crippen LogP contribution in [-0.4, -0.2) is 58.6 Å². The highest BCUT2D eigenvalue weighted by Crippen LogP contribution is 2.29. The summed E-state index contributed by atoms with van der Waals surface area (Å²) in [5.74, 6) is -1.75. The molecule has 1 fully saturated rings. The van der Waals surface area contributed by atoms with E-state index in [1.54, 1.807) is 20.8 Å². The maximum atomic E-state index is 12.9. The number of unbranched alkanes of at least 4 members (excludes halogenated alkanes) is 15. The van der Waals surface area contributed by atoms with E-state index in [2.05, 4.69) is 10.6 Å². The molecule has 1 aliphatic rings. The molecule has 2 amide bonds. The van der Waals surface area contributed by atoms with E-state index in [0.717, 1.165) is 38.5 Å². The molecule has 1 unspecified atom stereocenters. The third-order valence-electron chi connectivity index (χ3n) is 9.41. The Kier molecular flexibility index (Phi) is 23.8. The van der Waals surface area contributed by atoms with Crippen molar-refractivity contribution >= 4 is 29.7 Å². The Labute approximate surface area is 309 Å². The van der Waals surface area contributed by atoms with Gasteiger partial charge < -0.3 is 25.2 Å². The van der Waals surface area contributed by atoms with Gasteiger partial charge in [0.2, 0.25) is 11.8 Å². The second kappa shape index (κ2) is 26.2. The summed E-state index contributed by atoms with van der Waals surface area (Å²) in [6, 6.07) is -0.983. The van der Waals surface area contributed by atoms with Crippen molar-refractivity contribution in [2.75, 3.05) is 6.54 Å². The van der Waals surface area contributed by atoms with Gasteiger partial charge in [-0.1, -0.05) is 89.9 Å². The van der Waals surface area contributed by atoms with Crippen LogP contribution in [0.4, 0.5) is 0 Å². The summed E-state index contributed by atoms with van der Waals surface area (Å²) < 4.78 is 10.7. The van der Waals surface area contributed by atoms with Crippen molar-refractivity contribution in [1.82, 2.24) is 10.6 Å². The number of carbonyl (C=O) groups excluding carboxylic acids is 4. The van der Waals surface area contributed by atoms with Crippen LogP contribution in [0.25, 0.3) is 0 Å². The molecule has 0 aromatic rings. The lowest BCUT2D eigenvalue weighted by atomic mass is 9.81. The van der Waals surface area contributed by atoms with Crippen molar-refractivity contribution < 1.29 is 38.6 Å². The number of rotatable bonds is 27. The van der Waals surface area contributed by atoms with Gasteiger partial charge in [0.1, 0.15) is 17.2 Å². The maximum Gasteiger partial charge on any atom is 0.329 e. The van der Waals surface area contributed by atoms with Gasteiger partial charge >= 0.3 is 17.9 Å². The number of aliphatic carboxylic acids is 1. The van der Waals surface area contributed by atoms with Crippen molar-refractivity contribution in [3.8, 4) is 0 Å². The zero-order valence-electron chi connectivity index (χ0n) is 33.2. The van der Waals surface area contributed by atoms with Gasteiger partial charge in [-0.2, -0.15) is 0 Å². The van der Waals surface area contributed by atoms with E-state index in [-0.39, 0.29) is 42.1 Å². The molecule has 0 aromatic heterocycles. The van der Waals surface area contributed by atoms with Crippen LogP contribution in [0.3, 0.4) is 0 Å². The van der Waals surface area contributed by atoms with Gasteiger partial charge in [0, 0.05) is 31.7 Å². The molecular weight excluding hydrogens is 648 g/mol. The highest BCUT2D eigenvalue weighted by atomic mass is 16.6. The summed E-state index contributed by atoms with van der Waals surface area (Å²) in [4.78, 5) is 60.7. The van der Waals surface area contributed by atoms with Crippen LogP contribution in [0.2, 0.25) is 0 Å². The molecule has 0 aliphatic heterocycles. The molecule has 0 heterocycles. The normalized spacial score (nSPS) is 17.0. The van der Waals surface area contributed by atoms with E-state index in [9.17, 15) is 24.0 Å². The van der Waals surface area contributed by atoms with Crippen LogP contribution in [0.15, 0.2) is 0 Å². The molecule has 0 radical (unpaired) electrons. The van der Waals surface area contributed by atoms with E-state index in [1.165, 1.54) is 77.0 Å². The molecule has 51 heavy (non-hydrogen) atoms. The molecule has 10 nitrogen and oxygen atoms in total. The summed E-state index contributed by atoms with van der Waals surface area (Å²) >= 11 is 0. The molecule has 10 heteroatoms. The zero-order chi connectivity index (χ0) is 38.1. The van der Waals surface area contributed by atoms with Crippen molar-refractivity contribution in [2.24, 2.45) is 11.8 Å². The summed E-state index contributed by atoms with van der Waals surface area (Å²) in [6.45, 7) is 11.6. The second-order valence-electron chi connectivity index (χ2n) is 16.8. The van der Waals surface area contributed by atoms with Gasteiger partial charge in [0.15, 0.2) is 0 Å². The Balaban J connectivity index is 1.99. The predicted molar refractivity (Wildman–Crippen MR) is 202 cm³/mol. The van der Waals surface area contributed by atoms with Crippen LogP contribution in [0, 0.1) is 11.8 Å². The molecule has 3 N–H and O–H groups in total. The van der Waals surface area contributed by atoms with Crippen LogP contribution in [-0.2, 0) is 33.4 Å². The lowest BCUT2D eigenvalue weighted by molar-refractivity contribution is -0.159. The number of esters is 2. The third kappa shape index (κ3) is 26.7. The van der Waals surface area contributed by atoms with Crippen LogP contribution in [0.5, 0.6) is 0 Å². The van der Waals surface area contributed by atoms with E-state index in [1.807, 2.05) is 20.8 Å². The maximum absolute atomic E-state index is 12.9. The highest BCUT2D eigenvalue weighted by Gasteiger charge is 2.32. The SMILES string of the molecule is CC(C)(C)OC(=O)CCCCCCCCCCCCCCCCCCC(=O)NCC1CCC(C(=O)NC(CCC(=O)O)C(=O)OC(C)(C)C)CC1. The molecule has 1 atom stereocenters.